The first-order valence-corrected chi connectivity index (χ1v) is 8.67. The van der Waals surface area contributed by atoms with E-state index >= 15 is 0 Å². The van der Waals surface area contributed by atoms with Crippen LogP contribution in [0.4, 0.5) is 5.13 Å². The second kappa shape index (κ2) is 9.52. The molecule has 138 valence electrons. The highest BCUT2D eigenvalue weighted by atomic mass is 32.1. The molecule has 26 heavy (non-hydrogen) atoms. The number of rotatable bonds is 9. The second-order valence-corrected chi connectivity index (χ2v) is 6.00. The number of hydrogen-bond acceptors (Lipinski definition) is 8. The van der Waals surface area contributed by atoms with Gasteiger partial charge in [-0.25, -0.2) is 4.98 Å². The van der Waals surface area contributed by atoms with Gasteiger partial charge >= 0.3 is 11.9 Å². The van der Waals surface area contributed by atoms with E-state index in [-0.39, 0.29) is 18.8 Å². The van der Waals surface area contributed by atoms with Gasteiger partial charge in [-0.15, -0.1) is 11.3 Å². The molecular formula is C17H19N3O5S. The van der Waals surface area contributed by atoms with Crippen molar-refractivity contribution < 1.29 is 24.2 Å². The Bertz CT molecular complexity index is 803. The molecular weight excluding hydrogens is 358 g/mol. The van der Waals surface area contributed by atoms with E-state index in [0.29, 0.717) is 34.3 Å². The third kappa shape index (κ3) is 5.85. The lowest BCUT2D eigenvalue weighted by molar-refractivity contribution is -0.142. The van der Waals surface area contributed by atoms with E-state index in [1.54, 1.807) is 36.7 Å². The standard InChI is InChI=1S/C17H19N3O5S/c1-3-25-16(23)8-13-10-26-17(19-13)20-18-9-12-5-4-11(7-15(21)22)6-14(12)24-2/h4-6,9-10H,3,7-8H2,1-2H3,(H,19,20)(H,21,22). The molecule has 0 saturated carbocycles. The van der Waals surface area contributed by atoms with E-state index in [1.165, 1.54) is 18.4 Å². The number of carbonyl (C=O) groups is 2. The molecule has 2 N–H and O–H groups in total. The number of nitrogens with one attached hydrogen (secondary N) is 1. The molecule has 0 aliphatic carbocycles. The van der Waals surface area contributed by atoms with Gasteiger partial charge in [-0.1, -0.05) is 6.07 Å². The molecule has 8 nitrogen and oxygen atoms in total. The number of esters is 1. The molecule has 1 aromatic carbocycles. The first-order valence-electron chi connectivity index (χ1n) is 7.79. The zero-order chi connectivity index (χ0) is 18.9. The van der Waals surface area contributed by atoms with Crippen LogP contribution in [0, 0.1) is 0 Å². The second-order valence-electron chi connectivity index (χ2n) is 5.14. The van der Waals surface area contributed by atoms with E-state index in [4.69, 9.17) is 14.6 Å². The lowest BCUT2D eigenvalue weighted by atomic mass is 10.1. The summed E-state index contributed by atoms with van der Waals surface area (Å²) >= 11 is 1.32. The summed E-state index contributed by atoms with van der Waals surface area (Å²) in [6, 6.07) is 5.10. The van der Waals surface area contributed by atoms with Crippen LogP contribution in [0.1, 0.15) is 23.7 Å². The lowest BCUT2D eigenvalue weighted by Crippen LogP contribution is -2.07. The van der Waals surface area contributed by atoms with Gasteiger partial charge in [0.05, 0.1) is 38.5 Å². The SMILES string of the molecule is CCOC(=O)Cc1csc(NN=Cc2ccc(CC(=O)O)cc2OC)n1. The summed E-state index contributed by atoms with van der Waals surface area (Å²) in [5.41, 5.74) is 4.74. The zero-order valence-electron chi connectivity index (χ0n) is 14.4. The Hall–Kier alpha value is -2.94. The highest BCUT2D eigenvalue weighted by molar-refractivity contribution is 7.13. The zero-order valence-corrected chi connectivity index (χ0v) is 15.2. The van der Waals surface area contributed by atoms with Gasteiger partial charge in [0.1, 0.15) is 5.75 Å². The Morgan fingerprint density at radius 3 is 2.88 bits per heavy atom. The summed E-state index contributed by atoms with van der Waals surface area (Å²) in [5.74, 6) is -0.701. The Kier molecular flexibility index (Phi) is 7.10. The quantitative estimate of drug-likeness (QED) is 0.392. The fourth-order valence-electron chi connectivity index (χ4n) is 2.10. The van der Waals surface area contributed by atoms with Crippen molar-refractivity contribution in [2.45, 2.75) is 19.8 Å². The van der Waals surface area contributed by atoms with Gasteiger partial charge in [0.2, 0.25) is 5.13 Å². The van der Waals surface area contributed by atoms with Crippen molar-refractivity contribution in [1.82, 2.24) is 4.98 Å². The van der Waals surface area contributed by atoms with Crippen molar-refractivity contribution in [3.63, 3.8) is 0 Å². The number of aliphatic carboxylic acids is 1. The maximum absolute atomic E-state index is 11.4. The molecule has 0 amide bonds. The van der Waals surface area contributed by atoms with Crippen molar-refractivity contribution >= 4 is 34.6 Å². The Morgan fingerprint density at radius 2 is 2.19 bits per heavy atom. The average molecular weight is 377 g/mol. The lowest BCUT2D eigenvalue weighted by Gasteiger charge is -2.06. The van der Waals surface area contributed by atoms with Crippen LogP contribution in [-0.2, 0) is 27.2 Å². The molecule has 0 spiro atoms. The van der Waals surface area contributed by atoms with Crippen molar-refractivity contribution in [1.29, 1.82) is 0 Å². The average Bonchev–Trinajstić information content (AvgIpc) is 3.02. The van der Waals surface area contributed by atoms with Crippen LogP contribution in [-0.4, -0.2) is 42.0 Å². The maximum Gasteiger partial charge on any atom is 0.311 e. The third-order valence-corrected chi connectivity index (χ3v) is 4.00. The largest absolute Gasteiger partial charge is 0.496 e. The molecule has 2 aromatic rings. The fraction of sp³-hybridized carbons (Fsp3) is 0.294. The molecule has 0 aliphatic heterocycles. The molecule has 1 heterocycles. The van der Waals surface area contributed by atoms with Gasteiger partial charge in [-0.3, -0.25) is 15.0 Å². The number of benzene rings is 1. The number of hydrogen-bond donors (Lipinski definition) is 2. The topological polar surface area (TPSA) is 110 Å². The number of carbonyl (C=O) groups excluding carboxylic acids is 1. The Balaban J connectivity index is 1.99. The molecule has 2 rings (SSSR count). The predicted octanol–water partition coefficient (Wildman–Crippen LogP) is 2.33. The fourth-order valence-corrected chi connectivity index (χ4v) is 2.76. The Labute approximate surface area is 154 Å². The van der Waals surface area contributed by atoms with Gasteiger partial charge in [0.15, 0.2) is 0 Å². The first-order chi connectivity index (χ1) is 12.5. The van der Waals surface area contributed by atoms with E-state index in [9.17, 15) is 9.59 Å². The highest BCUT2D eigenvalue weighted by Crippen LogP contribution is 2.20. The van der Waals surface area contributed by atoms with Crippen molar-refractivity contribution in [3.8, 4) is 5.75 Å². The summed E-state index contributed by atoms with van der Waals surface area (Å²) in [6.45, 7) is 2.09. The van der Waals surface area contributed by atoms with Crippen LogP contribution in [0.15, 0.2) is 28.7 Å². The van der Waals surface area contributed by atoms with Crippen LogP contribution in [0.2, 0.25) is 0 Å². The number of hydrazone groups is 1. The summed E-state index contributed by atoms with van der Waals surface area (Å²) in [4.78, 5) is 26.5. The van der Waals surface area contributed by atoms with Gasteiger partial charge in [0.25, 0.3) is 0 Å². The summed E-state index contributed by atoms with van der Waals surface area (Å²) < 4.78 is 10.1. The predicted molar refractivity (Wildman–Crippen MR) is 98.0 cm³/mol. The molecule has 0 bridgehead atoms. The minimum absolute atomic E-state index is 0.0750. The van der Waals surface area contributed by atoms with Gasteiger partial charge in [-0.05, 0) is 24.6 Å². The first kappa shape index (κ1) is 19.4. The number of thiazole rings is 1. The molecule has 0 fully saturated rings. The van der Waals surface area contributed by atoms with Crippen molar-refractivity contribution in [3.05, 3.63) is 40.4 Å². The van der Waals surface area contributed by atoms with E-state index in [2.05, 4.69) is 15.5 Å². The van der Waals surface area contributed by atoms with Crippen LogP contribution in [0.25, 0.3) is 0 Å². The Morgan fingerprint density at radius 1 is 1.38 bits per heavy atom. The smallest absolute Gasteiger partial charge is 0.311 e. The van der Waals surface area contributed by atoms with Crippen LogP contribution >= 0.6 is 11.3 Å². The summed E-state index contributed by atoms with van der Waals surface area (Å²) in [7, 11) is 1.51. The number of aromatic nitrogens is 1. The monoisotopic (exact) mass is 377 g/mol. The minimum atomic E-state index is -0.905. The van der Waals surface area contributed by atoms with Crippen molar-refractivity contribution in [2.24, 2.45) is 5.10 Å². The molecule has 0 atom stereocenters. The van der Waals surface area contributed by atoms with Crippen molar-refractivity contribution in [2.75, 3.05) is 19.1 Å². The van der Waals surface area contributed by atoms with Crippen LogP contribution in [0.5, 0.6) is 5.75 Å². The maximum atomic E-state index is 11.4. The van der Waals surface area contributed by atoms with Crippen LogP contribution in [0.3, 0.4) is 0 Å². The number of nitrogens with zero attached hydrogens (tertiary/aromatic N) is 2. The number of carboxylic acid groups (broad SMARTS) is 1. The summed E-state index contributed by atoms with van der Waals surface area (Å²) in [5, 5.41) is 15.2. The molecule has 0 aliphatic rings. The van der Waals surface area contributed by atoms with E-state index in [1.807, 2.05) is 0 Å². The number of ether oxygens (including phenoxy) is 2. The molecule has 1 aromatic heterocycles. The number of methoxy groups -OCH3 is 1. The number of anilines is 1. The normalized spacial score (nSPS) is 10.7. The minimum Gasteiger partial charge on any atom is -0.496 e. The van der Waals surface area contributed by atoms with Gasteiger partial charge in [0, 0.05) is 10.9 Å². The van der Waals surface area contributed by atoms with E-state index in [0.717, 1.165) is 0 Å². The molecule has 0 unspecified atom stereocenters. The molecule has 0 radical (unpaired) electrons. The van der Waals surface area contributed by atoms with Crippen LogP contribution < -0.4 is 10.2 Å². The van der Waals surface area contributed by atoms with E-state index < -0.39 is 5.97 Å². The van der Waals surface area contributed by atoms with Gasteiger partial charge in [-0.2, -0.15) is 5.10 Å². The highest BCUT2D eigenvalue weighted by Gasteiger charge is 2.08. The van der Waals surface area contributed by atoms with Gasteiger partial charge < -0.3 is 14.6 Å². The molecule has 9 heteroatoms. The number of carboxylic acids is 1. The molecule has 0 saturated heterocycles. The third-order valence-electron chi connectivity index (χ3n) is 3.20. The summed E-state index contributed by atoms with van der Waals surface area (Å²) in [6.07, 6.45) is 1.60.